The summed E-state index contributed by atoms with van der Waals surface area (Å²) < 4.78 is 33.7. The summed E-state index contributed by atoms with van der Waals surface area (Å²) in [6.07, 6.45) is 3.00. The number of carbonyl (C=O) groups is 2. The highest BCUT2D eigenvalue weighted by Gasteiger charge is 2.34. The summed E-state index contributed by atoms with van der Waals surface area (Å²) in [7, 11) is -2.42. The first kappa shape index (κ1) is 24.2. The minimum Gasteiger partial charge on any atom is -0.495 e. The van der Waals surface area contributed by atoms with Crippen LogP contribution in [0.15, 0.2) is 47.4 Å². The molecule has 8 nitrogen and oxygen atoms in total. The van der Waals surface area contributed by atoms with Crippen molar-refractivity contribution in [3.8, 4) is 5.75 Å². The SMILES string of the molecule is COc1ccc(C(=O)Nc2ccc(C(=O)NC3CC3)cc2)cc1S(=O)(=O)N1C[C@@H](C)C[C@H](C)C1. The number of rotatable bonds is 7. The molecule has 1 aliphatic heterocycles. The minimum atomic E-state index is -3.84. The Hall–Kier alpha value is -2.91. The fourth-order valence-electron chi connectivity index (χ4n) is 4.37. The molecule has 0 aromatic heterocycles. The van der Waals surface area contributed by atoms with Gasteiger partial charge in [0.05, 0.1) is 7.11 Å². The normalized spacial score (nSPS) is 21.0. The second-order valence-corrected chi connectivity index (χ2v) is 11.3. The number of methoxy groups -OCH3 is 1. The van der Waals surface area contributed by atoms with Crippen LogP contribution in [0.3, 0.4) is 0 Å². The highest BCUT2D eigenvalue weighted by Crippen LogP contribution is 2.32. The molecule has 0 radical (unpaired) electrons. The molecule has 2 atom stereocenters. The maximum absolute atomic E-state index is 13.4. The Morgan fingerprint density at radius 1 is 0.941 bits per heavy atom. The van der Waals surface area contributed by atoms with Gasteiger partial charge in [0.1, 0.15) is 10.6 Å². The van der Waals surface area contributed by atoms with Gasteiger partial charge in [0.25, 0.3) is 11.8 Å². The number of carbonyl (C=O) groups excluding carboxylic acids is 2. The molecule has 2 amide bonds. The van der Waals surface area contributed by atoms with E-state index in [2.05, 4.69) is 10.6 Å². The molecule has 0 spiro atoms. The molecule has 2 aromatic rings. The topological polar surface area (TPSA) is 105 Å². The average Bonchev–Trinajstić information content (AvgIpc) is 3.62. The molecule has 2 fully saturated rings. The first-order valence-corrected chi connectivity index (χ1v) is 13.0. The highest BCUT2D eigenvalue weighted by molar-refractivity contribution is 7.89. The second-order valence-electron chi connectivity index (χ2n) is 9.41. The van der Waals surface area contributed by atoms with E-state index >= 15 is 0 Å². The van der Waals surface area contributed by atoms with Crippen molar-refractivity contribution in [2.75, 3.05) is 25.5 Å². The van der Waals surface area contributed by atoms with Gasteiger partial charge in [-0.2, -0.15) is 4.31 Å². The molecular weight excluding hydrogens is 454 g/mol. The summed E-state index contributed by atoms with van der Waals surface area (Å²) in [6.45, 7) is 4.96. The Bertz CT molecular complexity index is 1170. The molecule has 182 valence electrons. The summed E-state index contributed by atoms with van der Waals surface area (Å²) >= 11 is 0. The van der Waals surface area contributed by atoms with Gasteiger partial charge in [0.15, 0.2) is 0 Å². The van der Waals surface area contributed by atoms with Crippen LogP contribution in [-0.2, 0) is 10.0 Å². The van der Waals surface area contributed by atoms with Crippen LogP contribution in [-0.4, -0.2) is 50.8 Å². The van der Waals surface area contributed by atoms with E-state index in [9.17, 15) is 18.0 Å². The van der Waals surface area contributed by atoms with Gasteiger partial charge in [-0.3, -0.25) is 9.59 Å². The third kappa shape index (κ3) is 5.42. The van der Waals surface area contributed by atoms with Crippen molar-refractivity contribution in [1.82, 2.24) is 9.62 Å². The van der Waals surface area contributed by atoms with Crippen LogP contribution in [0.25, 0.3) is 0 Å². The van der Waals surface area contributed by atoms with Crippen molar-refractivity contribution in [2.24, 2.45) is 11.8 Å². The molecular formula is C25H31N3O5S. The lowest BCUT2D eigenvalue weighted by Gasteiger charge is -2.34. The molecule has 1 saturated carbocycles. The lowest BCUT2D eigenvalue weighted by atomic mass is 9.94. The smallest absolute Gasteiger partial charge is 0.255 e. The Kier molecular flexibility index (Phi) is 6.95. The van der Waals surface area contributed by atoms with E-state index in [0.29, 0.717) is 24.3 Å². The van der Waals surface area contributed by atoms with Crippen LogP contribution in [0, 0.1) is 11.8 Å². The number of benzene rings is 2. The van der Waals surface area contributed by atoms with E-state index in [4.69, 9.17) is 4.74 Å². The van der Waals surface area contributed by atoms with Gasteiger partial charge in [-0.1, -0.05) is 13.8 Å². The number of ether oxygens (including phenoxy) is 1. The van der Waals surface area contributed by atoms with E-state index in [1.165, 1.54) is 29.6 Å². The van der Waals surface area contributed by atoms with Crippen molar-refractivity contribution in [2.45, 2.75) is 44.0 Å². The van der Waals surface area contributed by atoms with E-state index in [1.54, 1.807) is 24.3 Å². The fourth-order valence-corrected chi connectivity index (χ4v) is 6.23. The largest absolute Gasteiger partial charge is 0.495 e. The molecule has 34 heavy (non-hydrogen) atoms. The van der Waals surface area contributed by atoms with Gasteiger partial charge >= 0.3 is 0 Å². The molecule has 1 aliphatic carbocycles. The monoisotopic (exact) mass is 485 g/mol. The summed E-state index contributed by atoms with van der Waals surface area (Å²) in [5.74, 6) is 0.130. The van der Waals surface area contributed by atoms with Crippen LogP contribution >= 0.6 is 0 Å². The lowest BCUT2D eigenvalue weighted by Crippen LogP contribution is -2.42. The van der Waals surface area contributed by atoms with Crippen LogP contribution in [0.4, 0.5) is 5.69 Å². The highest BCUT2D eigenvalue weighted by atomic mass is 32.2. The Morgan fingerprint density at radius 3 is 2.15 bits per heavy atom. The van der Waals surface area contributed by atoms with Crippen LogP contribution in [0.2, 0.25) is 0 Å². The van der Waals surface area contributed by atoms with Crippen molar-refractivity contribution in [3.05, 3.63) is 53.6 Å². The summed E-state index contributed by atoms with van der Waals surface area (Å²) in [5, 5.41) is 5.69. The molecule has 1 saturated heterocycles. The number of anilines is 1. The Labute approximate surface area is 200 Å². The van der Waals surface area contributed by atoms with E-state index in [0.717, 1.165) is 19.3 Å². The molecule has 2 aliphatic rings. The van der Waals surface area contributed by atoms with Crippen molar-refractivity contribution in [1.29, 1.82) is 0 Å². The predicted molar refractivity (Wildman–Crippen MR) is 130 cm³/mol. The van der Waals surface area contributed by atoms with Gasteiger partial charge in [-0.25, -0.2) is 8.42 Å². The lowest BCUT2D eigenvalue weighted by molar-refractivity contribution is 0.0950. The van der Waals surface area contributed by atoms with Crippen LogP contribution < -0.4 is 15.4 Å². The van der Waals surface area contributed by atoms with E-state index < -0.39 is 15.9 Å². The van der Waals surface area contributed by atoms with Crippen LogP contribution in [0.1, 0.15) is 53.8 Å². The van der Waals surface area contributed by atoms with Crippen LogP contribution in [0.5, 0.6) is 5.75 Å². The zero-order valence-electron chi connectivity index (χ0n) is 19.7. The summed E-state index contributed by atoms with van der Waals surface area (Å²) in [5.41, 5.74) is 1.23. The third-order valence-electron chi connectivity index (χ3n) is 6.20. The minimum absolute atomic E-state index is 0.0176. The molecule has 1 heterocycles. The van der Waals surface area contributed by atoms with E-state index in [-0.39, 0.29) is 40.0 Å². The fraction of sp³-hybridized carbons (Fsp3) is 0.440. The van der Waals surface area contributed by atoms with Crippen molar-refractivity contribution < 1.29 is 22.7 Å². The van der Waals surface area contributed by atoms with Gasteiger partial charge in [-0.05, 0) is 73.6 Å². The summed E-state index contributed by atoms with van der Waals surface area (Å²) in [6, 6.07) is 11.3. The average molecular weight is 486 g/mol. The molecule has 2 aromatic carbocycles. The Balaban J connectivity index is 1.52. The first-order valence-electron chi connectivity index (χ1n) is 11.6. The molecule has 9 heteroatoms. The maximum Gasteiger partial charge on any atom is 0.255 e. The first-order chi connectivity index (χ1) is 16.2. The standard InChI is InChI=1S/C25H31N3O5S/c1-16-12-17(2)15-28(14-16)34(31,32)23-13-19(6-11-22(23)33-3)25(30)27-20-7-4-18(5-8-20)24(29)26-21-9-10-21/h4-8,11,13,16-17,21H,9-10,12,14-15H2,1-3H3,(H,26,29)(H,27,30)/t16-,17-/m0/s1. The van der Waals surface area contributed by atoms with Gasteiger partial charge in [0, 0.05) is 35.9 Å². The molecule has 4 rings (SSSR count). The zero-order valence-corrected chi connectivity index (χ0v) is 20.5. The number of sulfonamides is 1. The number of hydrogen-bond donors (Lipinski definition) is 2. The zero-order chi connectivity index (χ0) is 24.5. The van der Waals surface area contributed by atoms with Gasteiger partial charge in [-0.15, -0.1) is 0 Å². The second kappa shape index (κ2) is 9.76. The third-order valence-corrected chi connectivity index (χ3v) is 8.05. The summed E-state index contributed by atoms with van der Waals surface area (Å²) in [4.78, 5) is 25.0. The van der Waals surface area contributed by atoms with Gasteiger partial charge < -0.3 is 15.4 Å². The quantitative estimate of drug-likeness (QED) is 0.625. The predicted octanol–water partition coefficient (Wildman–Crippen LogP) is 3.51. The van der Waals surface area contributed by atoms with Crippen molar-refractivity contribution in [3.63, 3.8) is 0 Å². The van der Waals surface area contributed by atoms with Crippen molar-refractivity contribution >= 4 is 27.5 Å². The Morgan fingerprint density at radius 2 is 1.56 bits per heavy atom. The van der Waals surface area contributed by atoms with E-state index in [1.807, 2.05) is 13.8 Å². The number of nitrogens with zero attached hydrogens (tertiary/aromatic N) is 1. The number of piperidine rings is 1. The number of amides is 2. The molecule has 0 unspecified atom stereocenters. The molecule has 2 N–H and O–H groups in total. The maximum atomic E-state index is 13.4. The number of hydrogen-bond acceptors (Lipinski definition) is 5. The van der Waals surface area contributed by atoms with Gasteiger partial charge in [0.2, 0.25) is 10.0 Å². The molecule has 0 bridgehead atoms. The number of nitrogens with one attached hydrogen (secondary N) is 2.